The Morgan fingerprint density at radius 2 is 1.91 bits per heavy atom. The summed E-state index contributed by atoms with van der Waals surface area (Å²) in [6, 6.07) is 0. The lowest BCUT2D eigenvalue weighted by Crippen LogP contribution is -2.29. The van der Waals surface area contributed by atoms with Crippen molar-refractivity contribution >= 4 is 0 Å². The van der Waals surface area contributed by atoms with Gasteiger partial charge >= 0.3 is 0 Å². The fourth-order valence-electron chi connectivity index (χ4n) is 1.40. The monoisotopic (exact) mass is 154 g/mol. The Morgan fingerprint density at radius 3 is 2.09 bits per heavy atom. The molecule has 0 aliphatic heterocycles. The van der Waals surface area contributed by atoms with Crippen LogP contribution in [0.25, 0.3) is 0 Å². The van der Waals surface area contributed by atoms with Gasteiger partial charge in [-0.2, -0.15) is 0 Å². The van der Waals surface area contributed by atoms with E-state index in [1.54, 1.807) is 0 Å². The molecule has 1 aromatic rings. The van der Waals surface area contributed by atoms with E-state index in [0.717, 1.165) is 17.0 Å². The van der Waals surface area contributed by atoms with Crippen LogP contribution in [0.2, 0.25) is 0 Å². The topological polar surface area (TPSA) is 52.0 Å². The van der Waals surface area contributed by atoms with Crippen molar-refractivity contribution in [1.29, 1.82) is 0 Å². The number of nitrogens with two attached hydrogens (primary N) is 1. The largest absolute Gasteiger partial charge is 0.361 e. The molecule has 11 heavy (non-hydrogen) atoms. The minimum absolute atomic E-state index is 0.353. The third kappa shape index (κ3) is 1.43. The van der Waals surface area contributed by atoms with Crippen molar-refractivity contribution < 1.29 is 4.52 Å². The first kappa shape index (κ1) is 8.27. The number of hydrogen-bond acceptors (Lipinski definition) is 3. The Kier molecular flexibility index (Phi) is 1.76. The minimum Gasteiger partial charge on any atom is -0.361 e. The molecule has 1 rings (SSSR count). The summed E-state index contributed by atoms with van der Waals surface area (Å²) in [4.78, 5) is 0. The normalized spacial score (nSPS) is 12.1. The van der Waals surface area contributed by atoms with E-state index in [1.807, 2.05) is 27.7 Å². The van der Waals surface area contributed by atoms with Gasteiger partial charge in [0, 0.05) is 11.1 Å². The van der Waals surface area contributed by atoms with Gasteiger partial charge < -0.3 is 10.3 Å². The van der Waals surface area contributed by atoms with Crippen LogP contribution in [0.1, 0.15) is 30.9 Å². The van der Waals surface area contributed by atoms with Crippen LogP contribution in [0, 0.1) is 13.8 Å². The summed E-state index contributed by atoms with van der Waals surface area (Å²) in [7, 11) is 0. The third-order valence-electron chi connectivity index (χ3n) is 1.68. The molecule has 0 unspecified atom stereocenters. The molecule has 0 radical (unpaired) electrons. The van der Waals surface area contributed by atoms with Gasteiger partial charge in [0.25, 0.3) is 0 Å². The van der Waals surface area contributed by atoms with Gasteiger partial charge in [-0.25, -0.2) is 0 Å². The molecular weight excluding hydrogens is 140 g/mol. The van der Waals surface area contributed by atoms with Crippen molar-refractivity contribution in [2.24, 2.45) is 5.73 Å². The zero-order valence-electron chi connectivity index (χ0n) is 7.43. The molecular formula is C8H14N2O. The number of aryl methyl sites for hydroxylation is 2. The number of hydrogen-bond donors (Lipinski definition) is 1. The van der Waals surface area contributed by atoms with Crippen molar-refractivity contribution in [3.8, 4) is 0 Å². The van der Waals surface area contributed by atoms with Gasteiger partial charge in [-0.1, -0.05) is 5.16 Å². The van der Waals surface area contributed by atoms with Gasteiger partial charge in [-0.05, 0) is 27.7 Å². The summed E-state index contributed by atoms with van der Waals surface area (Å²) in [5, 5.41) is 3.83. The Morgan fingerprint density at radius 1 is 1.36 bits per heavy atom. The first-order valence-electron chi connectivity index (χ1n) is 3.65. The van der Waals surface area contributed by atoms with Gasteiger partial charge in [0.1, 0.15) is 5.76 Å². The summed E-state index contributed by atoms with van der Waals surface area (Å²) in [5.74, 6) is 0.815. The van der Waals surface area contributed by atoms with Gasteiger partial charge in [0.15, 0.2) is 0 Å². The quantitative estimate of drug-likeness (QED) is 0.666. The molecule has 0 fully saturated rings. The Bertz CT molecular complexity index is 238. The third-order valence-corrected chi connectivity index (χ3v) is 1.68. The molecule has 0 bridgehead atoms. The molecule has 3 heteroatoms. The van der Waals surface area contributed by atoms with Gasteiger partial charge in [0.2, 0.25) is 0 Å². The molecule has 0 saturated heterocycles. The second-order valence-electron chi connectivity index (χ2n) is 3.42. The second kappa shape index (κ2) is 2.34. The van der Waals surface area contributed by atoms with Crippen molar-refractivity contribution in [2.45, 2.75) is 33.2 Å². The first-order valence-corrected chi connectivity index (χ1v) is 3.65. The molecule has 2 N–H and O–H groups in total. The van der Waals surface area contributed by atoms with Crippen LogP contribution in [0.15, 0.2) is 4.52 Å². The highest BCUT2D eigenvalue weighted by Gasteiger charge is 2.22. The highest BCUT2D eigenvalue weighted by Crippen LogP contribution is 2.23. The lowest BCUT2D eigenvalue weighted by molar-refractivity contribution is 0.389. The maximum Gasteiger partial charge on any atom is 0.138 e. The van der Waals surface area contributed by atoms with E-state index in [0.29, 0.717) is 0 Å². The number of aromatic nitrogens is 1. The predicted molar refractivity (Wildman–Crippen MR) is 43.2 cm³/mol. The fraction of sp³-hybridized carbons (Fsp3) is 0.625. The molecule has 3 nitrogen and oxygen atoms in total. The number of rotatable bonds is 1. The predicted octanol–water partition coefficient (Wildman–Crippen LogP) is 1.49. The summed E-state index contributed by atoms with van der Waals surface area (Å²) < 4.78 is 4.99. The molecule has 0 atom stereocenters. The Balaban J connectivity index is 3.21. The first-order chi connectivity index (χ1) is 4.93. The van der Waals surface area contributed by atoms with E-state index >= 15 is 0 Å². The maximum atomic E-state index is 5.90. The second-order valence-corrected chi connectivity index (χ2v) is 3.42. The standard InChI is InChI=1S/C8H14N2O/c1-5-7(8(3,4)9)6(2)11-10-5/h9H2,1-4H3. The van der Waals surface area contributed by atoms with E-state index in [4.69, 9.17) is 10.3 Å². The summed E-state index contributed by atoms with van der Waals surface area (Å²) in [6.45, 7) is 7.67. The van der Waals surface area contributed by atoms with Crippen LogP contribution in [0.5, 0.6) is 0 Å². The lowest BCUT2D eigenvalue weighted by Gasteiger charge is -2.17. The van der Waals surface area contributed by atoms with Crippen LogP contribution in [0.3, 0.4) is 0 Å². The van der Waals surface area contributed by atoms with E-state index in [9.17, 15) is 0 Å². The van der Waals surface area contributed by atoms with Crippen molar-refractivity contribution in [3.63, 3.8) is 0 Å². The summed E-state index contributed by atoms with van der Waals surface area (Å²) >= 11 is 0. The van der Waals surface area contributed by atoms with Crippen LogP contribution in [-0.2, 0) is 5.54 Å². The lowest BCUT2D eigenvalue weighted by atomic mass is 9.94. The average Bonchev–Trinajstić information content (AvgIpc) is 2.08. The SMILES string of the molecule is Cc1noc(C)c1C(C)(C)N. The fourth-order valence-corrected chi connectivity index (χ4v) is 1.40. The average molecular weight is 154 g/mol. The Labute approximate surface area is 66.6 Å². The molecule has 0 spiro atoms. The van der Waals surface area contributed by atoms with E-state index in [1.165, 1.54) is 0 Å². The smallest absolute Gasteiger partial charge is 0.138 e. The van der Waals surface area contributed by atoms with E-state index in [-0.39, 0.29) is 5.54 Å². The maximum absolute atomic E-state index is 5.90. The molecule has 1 aromatic heterocycles. The van der Waals surface area contributed by atoms with Gasteiger partial charge in [0.05, 0.1) is 5.69 Å². The zero-order chi connectivity index (χ0) is 8.65. The van der Waals surface area contributed by atoms with Gasteiger partial charge in [-0.15, -0.1) is 0 Å². The molecule has 0 amide bonds. The Hall–Kier alpha value is -0.830. The van der Waals surface area contributed by atoms with Crippen LogP contribution in [0.4, 0.5) is 0 Å². The molecule has 0 saturated carbocycles. The number of nitrogens with zero attached hydrogens (tertiary/aromatic N) is 1. The highest BCUT2D eigenvalue weighted by atomic mass is 16.5. The van der Waals surface area contributed by atoms with Crippen molar-refractivity contribution in [2.75, 3.05) is 0 Å². The zero-order valence-corrected chi connectivity index (χ0v) is 7.43. The molecule has 0 aliphatic carbocycles. The van der Waals surface area contributed by atoms with E-state index < -0.39 is 0 Å². The van der Waals surface area contributed by atoms with Crippen LogP contribution < -0.4 is 5.73 Å². The summed E-state index contributed by atoms with van der Waals surface area (Å²) in [5.41, 5.74) is 7.45. The van der Waals surface area contributed by atoms with Crippen LogP contribution >= 0.6 is 0 Å². The molecule has 0 aliphatic rings. The molecule has 1 heterocycles. The van der Waals surface area contributed by atoms with E-state index in [2.05, 4.69) is 5.16 Å². The minimum atomic E-state index is -0.353. The van der Waals surface area contributed by atoms with Crippen molar-refractivity contribution in [1.82, 2.24) is 5.16 Å². The highest BCUT2D eigenvalue weighted by molar-refractivity contribution is 5.27. The van der Waals surface area contributed by atoms with Crippen molar-refractivity contribution in [3.05, 3.63) is 17.0 Å². The molecule has 62 valence electrons. The molecule has 0 aromatic carbocycles. The van der Waals surface area contributed by atoms with Crippen LogP contribution in [-0.4, -0.2) is 5.16 Å². The summed E-state index contributed by atoms with van der Waals surface area (Å²) in [6.07, 6.45) is 0. The van der Waals surface area contributed by atoms with Gasteiger partial charge in [-0.3, -0.25) is 0 Å².